The van der Waals surface area contributed by atoms with E-state index in [-0.39, 0.29) is 26.5 Å². The molecule has 0 aliphatic carbocycles. The first kappa shape index (κ1) is 20.2. The molecule has 0 unspecified atom stereocenters. The van der Waals surface area contributed by atoms with Gasteiger partial charge in [-0.2, -0.15) is 0 Å². The predicted octanol–water partition coefficient (Wildman–Crippen LogP) is 1.59. The van der Waals surface area contributed by atoms with E-state index in [2.05, 4.69) is 10.6 Å². The fraction of sp³-hybridized carbons (Fsp3) is 0.857. The first-order chi connectivity index (χ1) is 8.72. The molecule has 0 aromatic rings. The van der Waals surface area contributed by atoms with Gasteiger partial charge in [0, 0.05) is 34.3 Å². The van der Waals surface area contributed by atoms with Crippen LogP contribution in [0.2, 0.25) is 0 Å². The van der Waals surface area contributed by atoms with Crippen LogP contribution in [-0.2, 0) is 9.59 Å². The lowest BCUT2D eigenvalue weighted by molar-refractivity contribution is -0.124. The molecule has 0 bridgehead atoms. The maximum Gasteiger partial charge on any atom is 0.222 e. The van der Waals surface area contributed by atoms with Crippen molar-refractivity contribution in [1.82, 2.24) is 15.5 Å². The molecular weight excluding hydrogens is 242 g/mol. The second-order valence-corrected chi connectivity index (χ2v) is 5.30. The molecular formula is C14H35N3O2. The number of carbonyl (C=O) groups excluding carboxylic acids is 2. The SMILES string of the molecule is CC(C)C(=O)NCCN(C)C.CCNC(=O)C(C)C.[HH].[HH]. The fourth-order valence-electron chi connectivity index (χ4n) is 0.985. The van der Waals surface area contributed by atoms with Crippen molar-refractivity contribution < 1.29 is 12.4 Å². The molecule has 5 nitrogen and oxygen atoms in total. The van der Waals surface area contributed by atoms with Crippen molar-refractivity contribution in [2.75, 3.05) is 33.7 Å². The van der Waals surface area contributed by atoms with Gasteiger partial charge in [-0.3, -0.25) is 9.59 Å². The van der Waals surface area contributed by atoms with E-state index in [1.165, 1.54) is 0 Å². The Morgan fingerprint density at radius 2 is 1.42 bits per heavy atom. The summed E-state index contributed by atoms with van der Waals surface area (Å²) in [6, 6.07) is 0. The molecule has 2 N–H and O–H groups in total. The van der Waals surface area contributed by atoms with Crippen LogP contribution in [0.15, 0.2) is 0 Å². The smallest absolute Gasteiger partial charge is 0.222 e. The second-order valence-electron chi connectivity index (χ2n) is 5.30. The lowest BCUT2D eigenvalue weighted by Gasteiger charge is -2.11. The van der Waals surface area contributed by atoms with Crippen LogP contribution in [0.1, 0.15) is 37.5 Å². The normalized spacial score (nSPS) is 10.2. The molecule has 0 aliphatic rings. The molecule has 0 aliphatic heterocycles. The van der Waals surface area contributed by atoms with Gasteiger partial charge in [0.25, 0.3) is 0 Å². The number of rotatable bonds is 6. The van der Waals surface area contributed by atoms with Crippen molar-refractivity contribution in [2.45, 2.75) is 34.6 Å². The summed E-state index contributed by atoms with van der Waals surface area (Å²) >= 11 is 0. The lowest BCUT2D eigenvalue weighted by atomic mass is 10.2. The summed E-state index contributed by atoms with van der Waals surface area (Å²) < 4.78 is 0. The second kappa shape index (κ2) is 12.0. The summed E-state index contributed by atoms with van der Waals surface area (Å²) in [5.74, 6) is 0.478. The average Bonchev–Trinajstić information content (AvgIpc) is 2.29. The number of carbonyl (C=O) groups is 2. The third kappa shape index (κ3) is 14.8. The number of likely N-dealkylation sites (N-methyl/N-ethyl adjacent to an activating group) is 1. The Morgan fingerprint density at radius 3 is 1.68 bits per heavy atom. The number of hydrogen-bond acceptors (Lipinski definition) is 3. The summed E-state index contributed by atoms with van der Waals surface area (Å²) in [7, 11) is 3.98. The number of hydrogen-bond donors (Lipinski definition) is 2. The summed E-state index contributed by atoms with van der Waals surface area (Å²) in [5.41, 5.74) is 0. The molecule has 19 heavy (non-hydrogen) atoms. The zero-order chi connectivity index (χ0) is 15.4. The van der Waals surface area contributed by atoms with Crippen LogP contribution in [0.25, 0.3) is 0 Å². The van der Waals surface area contributed by atoms with E-state index in [0.717, 1.165) is 19.6 Å². The molecule has 2 amide bonds. The summed E-state index contributed by atoms with van der Waals surface area (Å²) in [4.78, 5) is 23.7. The van der Waals surface area contributed by atoms with Crippen molar-refractivity contribution >= 4 is 11.8 Å². The highest BCUT2D eigenvalue weighted by molar-refractivity contribution is 5.78. The van der Waals surface area contributed by atoms with E-state index in [0.29, 0.717) is 0 Å². The quantitative estimate of drug-likeness (QED) is 0.775. The highest BCUT2D eigenvalue weighted by Gasteiger charge is 2.04. The molecule has 0 atom stereocenters. The number of amides is 2. The summed E-state index contributed by atoms with van der Waals surface area (Å²) in [6.07, 6.45) is 0. The number of nitrogens with zero attached hydrogens (tertiary/aromatic N) is 1. The largest absolute Gasteiger partial charge is 0.356 e. The topological polar surface area (TPSA) is 61.4 Å². The molecule has 0 rings (SSSR count). The highest BCUT2D eigenvalue weighted by Crippen LogP contribution is 1.89. The van der Waals surface area contributed by atoms with Crippen LogP contribution in [0.3, 0.4) is 0 Å². The standard InChI is InChI=1S/C8H18N2O.C6H13NO.2H2/c1-7(2)8(11)9-5-6-10(3)4;1-4-7-6(8)5(2)3;;/h7H,5-6H2,1-4H3,(H,9,11);5H,4H2,1-3H3,(H,7,8);2*1H. The van der Waals surface area contributed by atoms with E-state index >= 15 is 0 Å². The molecule has 0 radical (unpaired) electrons. The fourth-order valence-corrected chi connectivity index (χ4v) is 0.985. The van der Waals surface area contributed by atoms with Crippen LogP contribution in [0.5, 0.6) is 0 Å². The molecule has 0 saturated carbocycles. The maximum absolute atomic E-state index is 11.0. The average molecular weight is 277 g/mol. The van der Waals surface area contributed by atoms with E-state index in [1.54, 1.807) is 0 Å². The van der Waals surface area contributed by atoms with Gasteiger partial charge in [-0.25, -0.2) is 0 Å². The lowest BCUT2D eigenvalue weighted by Crippen LogP contribution is -2.33. The first-order valence-electron chi connectivity index (χ1n) is 6.92. The monoisotopic (exact) mass is 277 g/mol. The van der Waals surface area contributed by atoms with Gasteiger partial charge in [-0.05, 0) is 21.0 Å². The van der Waals surface area contributed by atoms with Crippen molar-refractivity contribution in [1.29, 1.82) is 0 Å². The van der Waals surface area contributed by atoms with Gasteiger partial charge in [0.2, 0.25) is 11.8 Å². The summed E-state index contributed by atoms with van der Waals surface area (Å²) in [6.45, 7) is 11.8. The molecule has 5 heteroatoms. The highest BCUT2D eigenvalue weighted by atomic mass is 16.2. The minimum absolute atomic E-state index is 0. The minimum atomic E-state index is 0. The molecule has 0 heterocycles. The van der Waals surface area contributed by atoms with Gasteiger partial charge in [-0.15, -0.1) is 0 Å². The van der Waals surface area contributed by atoms with E-state index < -0.39 is 0 Å². The zero-order valence-electron chi connectivity index (χ0n) is 13.5. The van der Waals surface area contributed by atoms with Gasteiger partial charge in [0.05, 0.1) is 0 Å². The van der Waals surface area contributed by atoms with E-state index in [4.69, 9.17) is 0 Å². The summed E-state index contributed by atoms with van der Waals surface area (Å²) in [5, 5.41) is 5.54. The Bertz CT molecular complexity index is 261. The van der Waals surface area contributed by atoms with Crippen molar-refractivity contribution in [3.05, 3.63) is 0 Å². The van der Waals surface area contributed by atoms with Gasteiger partial charge < -0.3 is 15.5 Å². The van der Waals surface area contributed by atoms with Gasteiger partial charge in [-0.1, -0.05) is 27.7 Å². The van der Waals surface area contributed by atoms with E-state index in [1.807, 2.05) is 53.6 Å². The Hall–Kier alpha value is -1.10. The predicted molar refractivity (Wildman–Crippen MR) is 84.2 cm³/mol. The van der Waals surface area contributed by atoms with Crippen LogP contribution >= 0.6 is 0 Å². The Morgan fingerprint density at radius 1 is 1.00 bits per heavy atom. The van der Waals surface area contributed by atoms with E-state index in [9.17, 15) is 9.59 Å². The molecule has 118 valence electrons. The van der Waals surface area contributed by atoms with Gasteiger partial charge >= 0.3 is 0 Å². The third-order valence-electron chi connectivity index (χ3n) is 2.26. The maximum atomic E-state index is 11.0. The molecule has 0 fully saturated rings. The Kier molecular flexibility index (Phi) is 12.7. The van der Waals surface area contributed by atoms with Crippen molar-refractivity contribution in [3.8, 4) is 0 Å². The molecule has 0 spiro atoms. The van der Waals surface area contributed by atoms with Crippen molar-refractivity contribution in [3.63, 3.8) is 0 Å². The Balaban J connectivity index is -0.000000131. The number of nitrogens with one attached hydrogen (secondary N) is 2. The molecule has 0 aromatic carbocycles. The van der Waals surface area contributed by atoms with Crippen molar-refractivity contribution in [2.24, 2.45) is 11.8 Å². The van der Waals surface area contributed by atoms with Crippen LogP contribution < -0.4 is 10.6 Å². The minimum Gasteiger partial charge on any atom is -0.356 e. The molecule has 0 saturated heterocycles. The van der Waals surface area contributed by atoms with Crippen LogP contribution in [0.4, 0.5) is 0 Å². The van der Waals surface area contributed by atoms with Crippen LogP contribution in [-0.4, -0.2) is 50.4 Å². The molecule has 0 aromatic heterocycles. The first-order valence-corrected chi connectivity index (χ1v) is 6.92. The van der Waals surface area contributed by atoms with Crippen LogP contribution in [0, 0.1) is 11.8 Å². The van der Waals surface area contributed by atoms with Gasteiger partial charge in [0.15, 0.2) is 0 Å². The Labute approximate surface area is 121 Å². The third-order valence-corrected chi connectivity index (χ3v) is 2.26. The zero-order valence-corrected chi connectivity index (χ0v) is 13.5. The van der Waals surface area contributed by atoms with Gasteiger partial charge in [0.1, 0.15) is 0 Å².